The lowest BCUT2D eigenvalue weighted by Crippen LogP contribution is -2.21. The van der Waals surface area contributed by atoms with Crippen molar-refractivity contribution in [1.29, 1.82) is 0 Å². The van der Waals surface area contributed by atoms with Crippen molar-refractivity contribution in [2.75, 3.05) is 17.7 Å². The van der Waals surface area contributed by atoms with Gasteiger partial charge in [0.05, 0.1) is 0 Å². The van der Waals surface area contributed by atoms with Crippen LogP contribution in [0.15, 0.2) is 36.4 Å². The van der Waals surface area contributed by atoms with Crippen LogP contribution in [0.5, 0.6) is 5.75 Å². The van der Waals surface area contributed by atoms with Gasteiger partial charge in [-0.3, -0.25) is 4.79 Å². The molecule has 0 aliphatic heterocycles. The molecule has 0 atom stereocenters. The zero-order valence-electron chi connectivity index (χ0n) is 11.9. The van der Waals surface area contributed by atoms with Crippen molar-refractivity contribution < 1.29 is 13.9 Å². The maximum Gasteiger partial charge on any atom is 0.262 e. The number of hydrogen-bond donors (Lipinski definition) is 2. The van der Waals surface area contributed by atoms with Crippen LogP contribution in [0.3, 0.4) is 0 Å². The minimum atomic E-state index is -0.400. The van der Waals surface area contributed by atoms with Crippen molar-refractivity contribution in [3.05, 3.63) is 53.3 Å². The number of halogens is 1. The van der Waals surface area contributed by atoms with Crippen LogP contribution in [-0.4, -0.2) is 12.5 Å². The van der Waals surface area contributed by atoms with E-state index in [1.807, 2.05) is 6.92 Å². The maximum absolute atomic E-state index is 13.1. The monoisotopic (exact) mass is 288 g/mol. The quantitative estimate of drug-likeness (QED) is 0.850. The van der Waals surface area contributed by atoms with E-state index in [0.717, 1.165) is 11.1 Å². The summed E-state index contributed by atoms with van der Waals surface area (Å²) in [5, 5.41) is 2.72. The first-order valence-corrected chi connectivity index (χ1v) is 6.51. The number of rotatable bonds is 4. The van der Waals surface area contributed by atoms with Gasteiger partial charge in [-0.2, -0.15) is 0 Å². The molecule has 0 radical (unpaired) electrons. The van der Waals surface area contributed by atoms with Crippen LogP contribution in [0, 0.1) is 19.7 Å². The zero-order chi connectivity index (χ0) is 15.4. The van der Waals surface area contributed by atoms with Gasteiger partial charge < -0.3 is 15.8 Å². The number of nitrogen functional groups attached to an aromatic ring is 1. The van der Waals surface area contributed by atoms with Crippen LogP contribution < -0.4 is 15.8 Å². The summed E-state index contributed by atoms with van der Waals surface area (Å²) in [4.78, 5) is 11.9. The van der Waals surface area contributed by atoms with Gasteiger partial charge in [0, 0.05) is 17.4 Å². The first-order chi connectivity index (χ1) is 9.97. The fraction of sp³-hybridized carbons (Fsp3) is 0.188. The fourth-order valence-corrected chi connectivity index (χ4v) is 1.85. The van der Waals surface area contributed by atoms with Crippen molar-refractivity contribution in [2.24, 2.45) is 0 Å². The first kappa shape index (κ1) is 14.8. The zero-order valence-corrected chi connectivity index (χ0v) is 11.9. The van der Waals surface area contributed by atoms with E-state index in [4.69, 9.17) is 10.5 Å². The van der Waals surface area contributed by atoms with Gasteiger partial charge in [0.1, 0.15) is 11.6 Å². The van der Waals surface area contributed by atoms with Crippen molar-refractivity contribution >= 4 is 17.3 Å². The van der Waals surface area contributed by atoms with Gasteiger partial charge in [0.25, 0.3) is 5.91 Å². The highest BCUT2D eigenvalue weighted by Crippen LogP contribution is 2.21. The van der Waals surface area contributed by atoms with Crippen LogP contribution in [0.2, 0.25) is 0 Å². The number of nitrogens with one attached hydrogen (secondary N) is 1. The van der Waals surface area contributed by atoms with Crippen LogP contribution in [0.4, 0.5) is 15.8 Å². The number of benzene rings is 2. The summed E-state index contributed by atoms with van der Waals surface area (Å²) in [6.07, 6.45) is 0. The molecule has 0 bridgehead atoms. The van der Waals surface area contributed by atoms with Crippen LogP contribution in [-0.2, 0) is 4.79 Å². The highest BCUT2D eigenvalue weighted by Gasteiger charge is 2.08. The summed E-state index contributed by atoms with van der Waals surface area (Å²) >= 11 is 0. The molecule has 2 rings (SSSR count). The van der Waals surface area contributed by atoms with E-state index in [1.165, 1.54) is 12.1 Å². The minimum Gasteiger partial charge on any atom is -0.483 e. The van der Waals surface area contributed by atoms with Crippen molar-refractivity contribution in [2.45, 2.75) is 13.8 Å². The van der Waals surface area contributed by atoms with Gasteiger partial charge in [0.2, 0.25) is 0 Å². The van der Waals surface area contributed by atoms with Crippen LogP contribution in [0.1, 0.15) is 11.1 Å². The molecule has 2 aromatic carbocycles. The smallest absolute Gasteiger partial charge is 0.262 e. The van der Waals surface area contributed by atoms with Crippen molar-refractivity contribution in [1.82, 2.24) is 0 Å². The number of amides is 1. The van der Waals surface area contributed by atoms with Gasteiger partial charge >= 0.3 is 0 Å². The summed E-state index contributed by atoms with van der Waals surface area (Å²) in [5.41, 5.74) is 8.59. The topological polar surface area (TPSA) is 64.3 Å². The lowest BCUT2D eigenvalue weighted by molar-refractivity contribution is -0.118. The molecular formula is C16H17FN2O2. The third-order valence-electron chi connectivity index (χ3n) is 3.16. The normalized spacial score (nSPS) is 10.2. The van der Waals surface area contributed by atoms with Crippen molar-refractivity contribution in [3.8, 4) is 5.75 Å². The number of ether oxygens (including phenoxy) is 1. The Balaban J connectivity index is 1.99. The molecule has 110 valence electrons. The maximum atomic E-state index is 13.1. The van der Waals surface area contributed by atoms with Gasteiger partial charge in [-0.1, -0.05) is 12.1 Å². The Morgan fingerprint density at radius 1 is 1.29 bits per heavy atom. The lowest BCUT2D eigenvalue weighted by Gasteiger charge is -2.12. The predicted octanol–water partition coefficient (Wildman–Crippen LogP) is 3.04. The van der Waals surface area contributed by atoms with E-state index in [9.17, 15) is 9.18 Å². The Labute approximate surface area is 122 Å². The van der Waals surface area contributed by atoms with E-state index in [-0.39, 0.29) is 12.5 Å². The van der Waals surface area contributed by atoms with Crippen molar-refractivity contribution in [3.63, 3.8) is 0 Å². The Morgan fingerprint density at radius 2 is 2.05 bits per heavy atom. The Bertz CT molecular complexity index is 671. The summed E-state index contributed by atoms with van der Waals surface area (Å²) in [5.74, 6) is -0.371. The number of anilines is 2. The van der Waals surface area contributed by atoms with E-state index in [0.29, 0.717) is 17.1 Å². The van der Waals surface area contributed by atoms with E-state index in [2.05, 4.69) is 5.32 Å². The molecule has 0 saturated heterocycles. The number of carbonyl (C=O) groups excluding carboxylic acids is 1. The molecule has 0 unspecified atom stereocenters. The highest BCUT2D eigenvalue weighted by atomic mass is 19.1. The number of aryl methyl sites for hydroxylation is 1. The van der Waals surface area contributed by atoms with E-state index in [1.54, 1.807) is 31.2 Å². The molecule has 3 N–H and O–H groups in total. The Morgan fingerprint density at radius 3 is 2.81 bits per heavy atom. The summed E-state index contributed by atoms with van der Waals surface area (Å²) < 4.78 is 18.5. The number of nitrogens with two attached hydrogens (primary N) is 1. The van der Waals surface area contributed by atoms with Gasteiger partial charge in [-0.05, 0) is 43.2 Å². The molecule has 0 aliphatic carbocycles. The Hall–Kier alpha value is -2.56. The van der Waals surface area contributed by atoms with Crippen LogP contribution >= 0.6 is 0 Å². The SMILES string of the molecule is Cc1ccc(F)cc1OCC(=O)Nc1cccc(N)c1C. The molecule has 1 amide bonds. The summed E-state index contributed by atoms with van der Waals surface area (Å²) in [6.45, 7) is 3.41. The second kappa shape index (κ2) is 6.26. The summed E-state index contributed by atoms with van der Waals surface area (Å²) in [6, 6.07) is 9.49. The van der Waals surface area contributed by atoms with E-state index < -0.39 is 5.82 Å². The molecular weight excluding hydrogens is 271 g/mol. The molecule has 0 heterocycles. The van der Waals surface area contributed by atoms with E-state index >= 15 is 0 Å². The molecule has 2 aromatic rings. The molecule has 5 heteroatoms. The first-order valence-electron chi connectivity index (χ1n) is 6.51. The third-order valence-corrected chi connectivity index (χ3v) is 3.16. The Kier molecular flexibility index (Phi) is 4.42. The third kappa shape index (κ3) is 3.72. The molecule has 0 aliphatic rings. The molecule has 0 aromatic heterocycles. The molecule has 4 nitrogen and oxygen atoms in total. The second-order valence-electron chi connectivity index (χ2n) is 4.77. The second-order valence-corrected chi connectivity index (χ2v) is 4.77. The average Bonchev–Trinajstić information content (AvgIpc) is 2.45. The predicted molar refractivity (Wildman–Crippen MR) is 80.9 cm³/mol. The van der Waals surface area contributed by atoms with Gasteiger partial charge in [-0.15, -0.1) is 0 Å². The summed E-state index contributed by atoms with van der Waals surface area (Å²) in [7, 11) is 0. The fourth-order valence-electron chi connectivity index (χ4n) is 1.85. The standard InChI is InChI=1S/C16H17FN2O2/c1-10-6-7-12(17)8-15(10)21-9-16(20)19-14-5-3-4-13(18)11(14)2/h3-8H,9,18H2,1-2H3,(H,19,20). The largest absolute Gasteiger partial charge is 0.483 e. The van der Waals surface area contributed by atoms with Crippen LogP contribution in [0.25, 0.3) is 0 Å². The molecule has 0 saturated carbocycles. The molecule has 21 heavy (non-hydrogen) atoms. The average molecular weight is 288 g/mol. The lowest BCUT2D eigenvalue weighted by atomic mass is 10.1. The molecule has 0 spiro atoms. The number of carbonyl (C=O) groups is 1. The molecule has 0 fully saturated rings. The van der Waals surface area contributed by atoms with Gasteiger partial charge in [0.15, 0.2) is 6.61 Å². The van der Waals surface area contributed by atoms with Gasteiger partial charge in [-0.25, -0.2) is 4.39 Å². The highest BCUT2D eigenvalue weighted by molar-refractivity contribution is 5.93. The number of hydrogen-bond acceptors (Lipinski definition) is 3. The minimum absolute atomic E-state index is 0.196.